The molecule has 0 aliphatic heterocycles. The summed E-state index contributed by atoms with van der Waals surface area (Å²) in [6.07, 6.45) is 4.51. The van der Waals surface area contributed by atoms with Gasteiger partial charge >= 0.3 is 0 Å². The largest absolute Gasteiger partial charge is 0.491 e. The van der Waals surface area contributed by atoms with Crippen molar-refractivity contribution in [2.75, 3.05) is 25.4 Å². The van der Waals surface area contributed by atoms with Gasteiger partial charge in [-0.05, 0) is 18.6 Å². The van der Waals surface area contributed by atoms with Crippen LogP contribution >= 0.6 is 0 Å². The van der Waals surface area contributed by atoms with Gasteiger partial charge in [0.05, 0.1) is 12.3 Å². The van der Waals surface area contributed by atoms with Crippen LogP contribution in [-0.4, -0.2) is 30.5 Å². The molecule has 1 rings (SSSR count). The van der Waals surface area contributed by atoms with Crippen LogP contribution in [0.3, 0.4) is 0 Å². The number of benzene rings is 1. The number of rotatable bonds is 9. The Morgan fingerprint density at radius 1 is 1.25 bits per heavy atom. The van der Waals surface area contributed by atoms with Gasteiger partial charge in [0.1, 0.15) is 5.75 Å². The van der Waals surface area contributed by atoms with Gasteiger partial charge in [0.15, 0.2) is 0 Å². The van der Waals surface area contributed by atoms with Gasteiger partial charge in [0, 0.05) is 19.5 Å². The molecule has 0 unspecified atom stereocenters. The highest BCUT2D eigenvalue weighted by atomic mass is 16.5. The molecule has 0 radical (unpaired) electrons. The van der Waals surface area contributed by atoms with E-state index in [1.165, 1.54) is 0 Å². The van der Waals surface area contributed by atoms with Gasteiger partial charge in [-0.3, -0.25) is 4.79 Å². The minimum absolute atomic E-state index is 0.0782. The van der Waals surface area contributed by atoms with Crippen molar-refractivity contribution in [1.29, 1.82) is 0 Å². The fraction of sp³-hybridized carbons (Fsp3) is 0.312. The van der Waals surface area contributed by atoms with Crippen molar-refractivity contribution in [3.8, 4) is 5.75 Å². The maximum atomic E-state index is 12.0. The molecule has 1 aromatic carbocycles. The molecule has 108 valence electrons. The van der Waals surface area contributed by atoms with Crippen LogP contribution in [0.1, 0.15) is 12.8 Å². The van der Waals surface area contributed by atoms with Gasteiger partial charge in [-0.1, -0.05) is 24.3 Å². The van der Waals surface area contributed by atoms with Crippen LogP contribution in [0, 0.1) is 0 Å². The molecule has 4 nitrogen and oxygen atoms in total. The fourth-order valence-corrected chi connectivity index (χ4v) is 1.77. The van der Waals surface area contributed by atoms with E-state index in [4.69, 9.17) is 10.5 Å². The zero-order chi connectivity index (χ0) is 14.8. The molecular weight excluding hydrogens is 252 g/mol. The van der Waals surface area contributed by atoms with Crippen molar-refractivity contribution in [2.24, 2.45) is 0 Å². The topological polar surface area (TPSA) is 55.6 Å². The SMILES string of the molecule is C=CCN(CC=C)C(=O)CCCOc1ccccc1N. The highest BCUT2D eigenvalue weighted by molar-refractivity contribution is 5.76. The van der Waals surface area contributed by atoms with E-state index in [-0.39, 0.29) is 5.91 Å². The number of nitrogen functional groups attached to an aromatic ring is 1. The maximum Gasteiger partial charge on any atom is 0.223 e. The highest BCUT2D eigenvalue weighted by Gasteiger charge is 2.10. The first-order valence-corrected chi connectivity index (χ1v) is 6.66. The van der Waals surface area contributed by atoms with E-state index in [1.54, 1.807) is 23.1 Å². The smallest absolute Gasteiger partial charge is 0.223 e. The number of carbonyl (C=O) groups excluding carboxylic acids is 1. The number of amides is 1. The summed E-state index contributed by atoms with van der Waals surface area (Å²) >= 11 is 0. The lowest BCUT2D eigenvalue weighted by Gasteiger charge is -2.19. The van der Waals surface area contributed by atoms with Crippen LogP contribution in [-0.2, 0) is 4.79 Å². The third-order valence-electron chi connectivity index (χ3n) is 2.76. The summed E-state index contributed by atoms with van der Waals surface area (Å²) in [4.78, 5) is 13.7. The first-order valence-electron chi connectivity index (χ1n) is 6.66. The Labute approximate surface area is 120 Å². The van der Waals surface area contributed by atoms with Crippen molar-refractivity contribution in [3.63, 3.8) is 0 Å². The summed E-state index contributed by atoms with van der Waals surface area (Å²) in [5.41, 5.74) is 6.38. The Balaban J connectivity index is 2.32. The van der Waals surface area contributed by atoms with Crippen LogP contribution in [0.5, 0.6) is 5.75 Å². The van der Waals surface area contributed by atoms with Crippen LogP contribution in [0.2, 0.25) is 0 Å². The Bertz CT molecular complexity index is 448. The quantitative estimate of drug-likeness (QED) is 0.428. The van der Waals surface area contributed by atoms with Gasteiger partial charge in [-0.25, -0.2) is 0 Å². The van der Waals surface area contributed by atoms with Gasteiger partial charge < -0.3 is 15.4 Å². The number of hydrogen-bond acceptors (Lipinski definition) is 3. The predicted octanol–water partition coefficient (Wildman–Crippen LogP) is 2.63. The summed E-state index contributed by atoms with van der Waals surface area (Å²) < 4.78 is 5.55. The molecule has 0 atom stereocenters. The monoisotopic (exact) mass is 274 g/mol. The lowest BCUT2D eigenvalue weighted by molar-refractivity contribution is -0.130. The molecule has 0 fully saturated rings. The van der Waals surface area contributed by atoms with E-state index in [0.717, 1.165) is 0 Å². The third-order valence-corrected chi connectivity index (χ3v) is 2.76. The number of carbonyl (C=O) groups is 1. The summed E-state index contributed by atoms with van der Waals surface area (Å²) in [5, 5.41) is 0. The zero-order valence-corrected chi connectivity index (χ0v) is 11.8. The number of nitrogens with zero attached hydrogens (tertiary/aromatic N) is 1. The molecule has 0 aromatic heterocycles. The first kappa shape index (κ1) is 15.8. The molecule has 0 spiro atoms. The molecule has 0 aliphatic carbocycles. The van der Waals surface area contributed by atoms with Crippen molar-refractivity contribution in [1.82, 2.24) is 4.90 Å². The van der Waals surface area contributed by atoms with Crippen molar-refractivity contribution < 1.29 is 9.53 Å². The fourth-order valence-electron chi connectivity index (χ4n) is 1.77. The van der Waals surface area contributed by atoms with E-state index in [2.05, 4.69) is 13.2 Å². The molecule has 1 aromatic rings. The normalized spacial score (nSPS) is 9.80. The molecule has 1 amide bonds. The molecule has 4 heteroatoms. The molecule has 0 heterocycles. The van der Waals surface area contributed by atoms with Crippen LogP contribution < -0.4 is 10.5 Å². The highest BCUT2D eigenvalue weighted by Crippen LogP contribution is 2.19. The summed E-state index contributed by atoms with van der Waals surface area (Å²) in [6.45, 7) is 8.83. The number of ether oxygens (including phenoxy) is 1. The Morgan fingerprint density at radius 2 is 1.90 bits per heavy atom. The van der Waals surface area contributed by atoms with Crippen LogP contribution in [0.15, 0.2) is 49.6 Å². The molecule has 2 N–H and O–H groups in total. The number of hydrogen-bond donors (Lipinski definition) is 1. The van der Waals surface area contributed by atoms with Crippen molar-refractivity contribution >= 4 is 11.6 Å². The number of nitrogens with two attached hydrogens (primary N) is 1. The minimum Gasteiger partial charge on any atom is -0.491 e. The molecule has 0 saturated carbocycles. The van der Waals surface area contributed by atoms with E-state index in [9.17, 15) is 4.79 Å². The zero-order valence-electron chi connectivity index (χ0n) is 11.8. The second-order valence-electron chi connectivity index (χ2n) is 4.37. The molecule has 0 aliphatic rings. The van der Waals surface area contributed by atoms with Crippen LogP contribution in [0.4, 0.5) is 5.69 Å². The summed E-state index contributed by atoms with van der Waals surface area (Å²) in [5.74, 6) is 0.739. The number of anilines is 1. The van der Waals surface area contributed by atoms with E-state index in [1.807, 2.05) is 18.2 Å². The maximum absolute atomic E-state index is 12.0. The average Bonchev–Trinajstić information content (AvgIpc) is 2.45. The Hall–Kier alpha value is -2.23. The lowest BCUT2D eigenvalue weighted by Crippen LogP contribution is -2.31. The van der Waals surface area contributed by atoms with Crippen molar-refractivity contribution in [2.45, 2.75) is 12.8 Å². The second-order valence-corrected chi connectivity index (χ2v) is 4.37. The molecule has 0 saturated heterocycles. The standard InChI is InChI=1S/C16H22N2O2/c1-3-11-18(12-4-2)16(19)10-7-13-20-15-9-6-5-8-14(15)17/h3-6,8-9H,1-2,7,10-13,17H2. The van der Waals surface area contributed by atoms with Gasteiger partial charge in [0.25, 0.3) is 0 Å². The van der Waals surface area contributed by atoms with E-state index >= 15 is 0 Å². The Kier molecular flexibility index (Phi) is 6.96. The average molecular weight is 274 g/mol. The first-order chi connectivity index (χ1) is 9.69. The van der Waals surface area contributed by atoms with Gasteiger partial charge in [-0.15, -0.1) is 13.2 Å². The van der Waals surface area contributed by atoms with E-state index in [0.29, 0.717) is 44.0 Å². The van der Waals surface area contributed by atoms with Crippen molar-refractivity contribution in [3.05, 3.63) is 49.6 Å². The number of para-hydroxylation sites is 2. The lowest BCUT2D eigenvalue weighted by atomic mass is 10.2. The second kappa shape index (κ2) is 8.80. The summed E-state index contributed by atoms with van der Waals surface area (Å²) in [6, 6.07) is 7.33. The van der Waals surface area contributed by atoms with E-state index < -0.39 is 0 Å². The van der Waals surface area contributed by atoms with Gasteiger partial charge in [-0.2, -0.15) is 0 Å². The molecule has 0 bridgehead atoms. The molecule has 20 heavy (non-hydrogen) atoms. The minimum atomic E-state index is 0.0782. The van der Waals surface area contributed by atoms with Gasteiger partial charge in [0.2, 0.25) is 5.91 Å². The summed E-state index contributed by atoms with van der Waals surface area (Å²) in [7, 11) is 0. The predicted molar refractivity (Wildman–Crippen MR) is 82.6 cm³/mol. The molecular formula is C16H22N2O2. The van der Waals surface area contributed by atoms with Crippen LogP contribution in [0.25, 0.3) is 0 Å². The Morgan fingerprint density at radius 3 is 2.50 bits per heavy atom. The third kappa shape index (κ3) is 5.18.